The van der Waals surface area contributed by atoms with Gasteiger partial charge in [0.15, 0.2) is 0 Å². The highest BCUT2D eigenvalue weighted by Gasteiger charge is 2.34. The summed E-state index contributed by atoms with van der Waals surface area (Å²) in [6, 6.07) is 11.1. The first-order valence-electron chi connectivity index (χ1n) is 6.43. The van der Waals surface area contributed by atoms with Gasteiger partial charge in [-0.1, -0.05) is 47.5 Å². The molecule has 0 heterocycles. The minimum Gasteiger partial charge on any atom is -0.395 e. The Labute approximate surface area is 132 Å². The monoisotopic (exact) mass is 328 g/mol. The van der Waals surface area contributed by atoms with Crippen molar-refractivity contribution in [3.63, 3.8) is 0 Å². The summed E-state index contributed by atoms with van der Waals surface area (Å²) < 4.78 is 14.0. The van der Waals surface area contributed by atoms with E-state index in [0.29, 0.717) is 15.6 Å². The Balaban J connectivity index is 2.46. The lowest BCUT2D eigenvalue weighted by Crippen LogP contribution is -2.38. The zero-order valence-corrected chi connectivity index (χ0v) is 12.7. The van der Waals surface area contributed by atoms with Crippen molar-refractivity contribution in [3.05, 3.63) is 69.5 Å². The summed E-state index contributed by atoms with van der Waals surface area (Å²) in [4.78, 5) is 0. The molecule has 0 aliphatic carbocycles. The first-order chi connectivity index (χ1) is 10.0. The molecular formula is C16H15Cl2FO2. The van der Waals surface area contributed by atoms with Gasteiger partial charge in [0.1, 0.15) is 5.82 Å². The number of aliphatic hydroxyl groups excluding tert-OH is 2. The third kappa shape index (κ3) is 3.38. The van der Waals surface area contributed by atoms with Crippen LogP contribution in [0.15, 0.2) is 42.5 Å². The van der Waals surface area contributed by atoms with E-state index >= 15 is 0 Å². The molecule has 2 rings (SSSR count). The molecule has 0 saturated heterocycles. The van der Waals surface area contributed by atoms with Crippen molar-refractivity contribution in [3.8, 4) is 0 Å². The molecule has 0 aromatic heterocycles. The normalized spacial score (nSPS) is 11.7. The Morgan fingerprint density at radius 3 is 2.24 bits per heavy atom. The standard InChI is InChI=1S/C16H15Cl2FO2/c17-12-6-5-11(14(18)7-12)8-16(9-20,10-21)13-3-1-2-4-15(13)19/h1-7,20-21H,8-10H2. The van der Waals surface area contributed by atoms with Crippen LogP contribution >= 0.6 is 23.2 Å². The van der Waals surface area contributed by atoms with Crippen LogP contribution in [0.5, 0.6) is 0 Å². The van der Waals surface area contributed by atoms with Gasteiger partial charge in [-0.25, -0.2) is 4.39 Å². The molecular weight excluding hydrogens is 314 g/mol. The van der Waals surface area contributed by atoms with Gasteiger partial charge in [-0.05, 0) is 35.7 Å². The van der Waals surface area contributed by atoms with E-state index in [9.17, 15) is 14.6 Å². The van der Waals surface area contributed by atoms with Gasteiger partial charge in [0.05, 0.1) is 13.2 Å². The predicted molar refractivity (Wildman–Crippen MR) is 82.4 cm³/mol. The lowest BCUT2D eigenvalue weighted by Gasteiger charge is -2.31. The summed E-state index contributed by atoms with van der Waals surface area (Å²) in [7, 11) is 0. The molecule has 2 nitrogen and oxygen atoms in total. The summed E-state index contributed by atoms with van der Waals surface area (Å²) in [6.07, 6.45) is 0.205. The zero-order chi connectivity index (χ0) is 15.5. The van der Waals surface area contributed by atoms with Crippen LogP contribution < -0.4 is 0 Å². The molecule has 0 aliphatic heterocycles. The molecule has 112 valence electrons. The molecule has 21 heavy (non-hydrogen) atoms. The Morgan fingerprint density at radius 2 is 1.67 bits per heavy atom. The van der Waals surface area contributed by atoms with E-state index in [0.717, 1.165) is 0 Å². The van der Waals surface area contributed by atoms with Gasteiger partial charge < -0.3 is 10.2 Å². The molecule has 2 aromatic carbocycles. The van der Waals surface area contributed by atoms with Gasteiger partial charge in [0.2, 0.25) is 0 Å². The van der Waals surface area contributed by atoms with E-state index in [1.54, 1.807) is 36.4 Å². The van der Waals surface area contributed by atoms with Crippen LogP contribution in [0.1, 0.15) is 11.1 Å². The number of halogens is 3. The first kappa shape index (κ1) is 16.2. The second-order valence-corrected chi connectivity index (χ2v) is 5.83. The first-order valence-corrected chi connectivity index (χ1v) is 7.18. The van der Waals surface area contributed by atoms with Crippen LogP contribution in [0.3, 0.4) is 0 Å². The van der Waals surface area contributed by atoms with Gasteiger partial charge in [0.25, 0.3) is 0 Å². The molecule has 0 atom stereocenters. The smallest absolute Gasteiger partial charge is 0.127 e. The van der Waals surface area contributed by atoms with Crippen molar-refractivity contribution in [1.82, 2.24) is 0 Å². The van der Waals surface area contributed by atoms with E-state index < -0.39 is 24.4 Å². The fourth-order valence-electron chi connectivity index (χ4n) is 2.35. The van der Waals surface area contributed by atoms with Gasteiger partial charge in [-0.15, -0.1) is 0 Å². The number of hydrogen-bond donors (Lipinski definition) is 2. The Morgan fingerprint density at radius 1 is 1.00 bits per heavy atom. The Kier molecular flexibility index (Phi) is 5.22. The van der Waals surface area contributed by atoms with E-state index in [-0.39, 0.29) is 12.0 Å². The molecule has 0 unspecified atom stereocenters. The van der Waals surface area contributed by atoms with Gasteiger partial charge >= 0.3 is 0 Å². The molecule has 0 saturated carbocycles. The average Bonchev–Trinajstić information content (AvgIpc) is 2.48. The van der Waals surface area contributed by atoms with Crippen LogP contribution in [-0.4, -0.2) is 23.4 Å². The maximum Gasteiger partial charge on any atom is 0.127 e. The van der Waals surface area contributed by atoms with E-state index in [1.165, 1.54) is 6.07 Å². The fraction of sp³-hybridized carbons (Fsp3) is 0.250. The molecule has 0 aliphatic rings. The fourth-order valence-corrected chi connectivity index (χ4v) is 2.82. The lowest BCUT2D eigenvalue weighted by atomic mass is 9.76. The highest BCUT2D eigenvalue weighted by molar-refractivity contribution is 6.35. The van der Waals surface area contributed by atoms with Crippen molar-refractivity contribution in [1.29, 1.82) is 0 Å². The van der Waals surface area contributed by atoms with Gasteiger partial charge in [0, 0.05) is 15.5 Å². The Bertz CT molecular complexity index is 627. The topological polar surface area (TPSA) is 40.5 Å². The third-order valence-electron chi connectivity index (χ3n) is 3.59. The molecule has 0 spiro atoms. The lowest BCUT2D eigenvalue weighted by molar-refractivity contribution is 0.113. The average molecular weight is 329 g/mol. The molecule has 0 bridgehead atoms. The molecule has 2 aromatic rings. The van der Waals surface area contributed by atoms with Crippen molar-refractivity contribution in [2.45, 2.75) is 11.8 Å². The summed E-state index contributed by atoms with van der Waals surface area (Å²) >= 11 is 12.0. The molecule has 0 amide bonds. The maximum atomic E-state index is 14.0. The number of aliphatic hydroxyl groups is 2. The van der Waals surface area contributed by atoms with Gasteiger partial charge in [-0.3, -0.25) is 0 Å². The second-order valence-electron chi connectivity index (χ2n) is 4.99. The highest BCUT2D eigenvalue weighted by atomic mass is 35.5. The third-order valence-corrected chi connectivity index (χ3v) is 4.18. The van der Waals surface area contributed by atoms with E-state index in [1.807, 2.05) is 0 Å². The number of hydrogen-bond acceptors (Lipinski definition) is 2. The van der Waals surface area contributed by atoms with E-state index in [4.69, 9.17) is 23.2 Å². The zero-order valence-electron chi connectivity index (χ0n) is 11.2. The van der Waals surface area contributed by atoms with Crippen LogP contribution in [0, 0.1) is 5.82 Å². The molecule has 2 N–H and O–H groups in total. The molecule has 0 radical (unpaired) electrons. The Hall–Kier alpha value is -1.13. The minimum atomic E-state index is -1.14. The second kappa shape index (κ2) is 6.75. The van der Waals surface area contributed by atoms with Crippen LogP contribution in [-0.2, 0) is 11.8 Å². The van der Waals surface area contributed by atoms with Crippen molar-refractivity contribution < 1.29 is 14.6 Å². The van der Waals surface area contributed by atoms with Crippen molar-refractivity contribution >= 4 is 23.2 Å². The predicted octanol–water partition coefficient (Wildman–Crippen LogP) is 3.60. The summed E-state index contributed by atoms with van der Waals surface area (Å²) in [6.45, 7) is -0.799. The maximum absolute atomic E-state index is 14.0. The summed E-state index contributed by atoms with van der Waals surface area (Å²) in [5, 5.41) is 20.4. The SMILES string of the molecule is OCC(CO)(Cc1ccc(Cl)cc1Cl)c1ccccc1F. The quantitative estimate of drug-likeness (QED) is 0.880. The van der Waals surface area contributed by atoms with Crippen molar-refractivity contribution in [2.75, 3.05) is 13.2 Å². The van der Waals surface area contributed by atoms with Crippen LogP contribution in [0.4, 0.5) is 4.39 Å². The highest BCUT2D eigenvalue weighted by Crippen LogP contribution is 2.33. The van der Waals surface area contributed by atoms with E-state index in [2.05, 4.69) is 0 Å². The summed E-state index contributed by atoms with van der Waals surface area (Å²) in [5.74, 6) is -0.467. The minimum absolute atomic E-state index is 0.205. The number of rotatable bonds is 5. The molecule has 5 heteroatoms. The van der Waals surface area contributed by atoms with Crippen LogP contribution in [0.2, 0.25) is 10.0 Å². The summed E-state index contributed by atoms with van der Waals surface area (Å²) in [5.41, 5.74) is -0.184. The van der Waals surface area contributed by atoms with Crippen molar-refractivity contribution in [2.24, 2.45) is 0 Å². The van der Waals surface area contributed by atoms with Crippen LogP contribution in [0.25, 0.3) is 0 Å². The largest absolute Gasteiger partial charge is 0.395 e. The molecule has 0 fully saturated rings. The van der Waals surface area contributed by atoms with Gasteiger partial charge in [-0.2, -0.15) is 0 Å². The number of benzene rings is 2.